The first kappa shape index (κ1) is 19.0. The van der Waals surface area contributed by atoms with Gasteiger partial charge in [0.15, 0.2) is 6.10 Å². The van der Waals surface area contributed by atoms with Crippen LogP contribution in [0, 0.1) is 6.92 Å². The van der Waals surface area contributed by atoms with E-state index in [0.717, 1.165) is 50.5 Å². The number of ether oxygens (including phenoxy) is 1. The third kappa shape index (κ3) is 3.42. The van der Waals surface area contributed by atoms with Crippen LogP contribution in [-0.2, 0) is 10.2 Å². The molecule has 1 atom stereocenters. The van der Waals surface area contributed by atoms with E-state index in [2.05, 4.69) is 36.9 Å². The van der Waals surface area contributed by atoms with Gasteiger partial charge in [0.05, 0.1) is 0 Å². The zero-order valence-corrected chi connectivity index (χ0v) is 17.1. The van der Waals surface area contributed by atoms with E-state index in [1.807, 2.05) is 42.2 Å². The van der Waals surface area contributed by atoms with E-state index in [4.69, 9.17) is 4.74 Å². The molecule has 0 aliphatic carbocycles. The van der Waals surface area contributed by atoms with Crippen LogP contribution in [0.5, 0.6) is 5.75 Å². The number of hydrogen-bond acceptors (Lipinski definition) is 3. The van der Waals surface area contributed by atoms with E-state index in [0.29, 0.717) is 0 Å². The lowest BCUT2D eigenvalue weighted by Crippen LogP contribution is -2.47. The maximum absolute atomic E-state index is 13.3. The van der Waals surface area contributed by atoms with Crippen molar-refractivity contribution < 1.29 is 9.53 Å². The van der Waals surface area contributed by atoms with Crippen molar-refractivity contribution in [1.29, 1.82) is 0 Å². The molecule has 0 bridgehead atoms. The van der Waals surface area contributed by atoms with Crippen molar-refractivity contribution >= 4 is 11.6 Å². The lowest BCUT2D eigenvalue weighted by atomic mass is 9.74. The van der Waals surface area contributed by atoms with Gasteiger partial charge in [-0.2, -0.15) is 0 Å². The van der Waals surface area contributed by atoms with Crippen molar-refractivity contribution in [2.75, 3.05) is 31.1 Å². The number of anilines is 1. The molecular formula is C24H30N2O2. The van der Waals surface area contributed by atoms with Crippen molar-refractivity contribution in [3.63, 3.8) is 0 Å². The third-order valence-corrected chi connectivity index (χ3v) is 6.41. The molecule has 2 aliphatic rings. The van der Waals surface area contributed by atoms with Gasteiger partial charge in [0.1, 0.15) is 5.75 Å². The molecular weight excluding hydrogens is 348 g/mol. The number of para-hydroxylation sites is 1. The van der Waals surface area contributed by atoms with Gasteiger partial charge in [0.25, 0.3) is 5.91 Å². The number of fused-ring (bicyclic) bond motifs is 2. The average molecular weight is 379 g/mol. The van der Waals surface area contributed by atoms with Gasteiger partial charge in [-0.15, -0.1) is 0 Å². The van der Waals surface area contributed by atoms with Crippen LogP contribution >= 0.6 is 0 Å². The predicted molar refractivity (Wildman–Crippen MR) is 113 cm³/mol. The lowest BCUT2D eigenvalue weighted by molar-refractivity contribution is -0.124. The molecule has 4 rings (SSSR count). The Hall–Kier alpha value is -2.33. The van der Waals surface area contributed by atoms with E-state index >= 15 is 0 Å². The fourth-order valence-corrected chi connectivity index (χ4v) is 4.68. The Labute approximate surface area is 168 Å². The molecule has 28 heavy (non-hydrogen) atoms. The summed E-state index contributed by atoms with van der Waals surface area (Å²) in [5.41, 5.74) is 3.77. The van der Waals surface area contributed by atoms with Crippen molar-refractivity contribution in [3.05, 3.63) is 59.7 Å². The molecule has 2 aliphatic heterocycles. The predicted octanol–water partition coefficient (Wildman–Crippen LogP) is 4.16. The number of likely N-dealkylation sites (tertiary alicyclic amines) is 1. The topological polar surface area (TPSA) is 32.8 Å². The lowest BCUT2D eigenvalue weighted by Gasteiger charge is -2.39. The van der Waals surface area contributed by atoms with E-state index in [-0.39, 0.29) is 11.3 Å². The van der Waals surface area contributed by atoms with E-state index in [9.17, 15) is 4.79 Å². The maximum Gasteiger partial charge on any atom is 0.267 e. The molecule has 148 valence electrons. The van der Waals surface area contributed by atoms with Crippen molar-refractivity contribution in [3.8, 4) is 5.75 Å². The van der Waals surface area contributed by atoms with Gasteiger partial charge in [-0.25, -0.2) is 0 Å². The van der Waals surface area contributed by atoms with Crippen LogP contribution in [-0.4, -0.2) is 43.1 Å². The fourth-order valence-electron chi connectivity index (χ4n) is 4.68. The van der Waals surface area contributed by atoms with Crippen molar-refractivity contribution in [2.45, 2.75) is 45.1 Å². The Kier molecular flexibility index (Phi) is 5.15. The maximum atomic E-state index is 13.3. The Balaban J connectivity index is 1.59. The highest BCUT2D eigenvalue weighted by Gasteiger charge is 2.47. The molecule has 2 heterocycles. The Morgan fingerprint density at radius 3 is 2.54 bits per heavy atom. The Morgan fingerprint density at radius 1 is 1.14 bits per heavy atom. The zero-order chi connectivity index (χ0) is 19.7. The van der Waals surface area contributed by atoms with Crippen LogP contribution in [0.1, 0.15) is 37.8 Å². The molecule has 0 aromatic heterocycles. The molecule has 4 nitrogen and oxygen atoms in total. The largest absolute Gasteiger partial charge is 0.481 e. The number of nitrogens with zero attached hydrogens (tertiary/aromatic N) is 2. The summed E-state index contributed by atoms with van der Waals surface area (Å²) in [7, 11) is 0. The normalized spacial score (nSPS) is 19.5. The van der Waals surface area contributed by atoms with Gasteiger partial charge >= 0.3 is 0 Å². The molecule has 0 saturated carbocycles. The van der Waals surface area contributed by atoms with Gasteiger partial charge in [0, 0.05) is 17.6 Å². The minimum absolute atomic E-state index is 0.0451. The first-order chi connectivity index (χ1) is 13.5. The molecule has 2 aromatic carbocycles. The number of carbonyl (C=O) groups excluding carboxylic acids is 1. The standard InChI is InChI=1S/C24H30N2O2/c1-4-25-14-12-24(13-15-25)17-26(22-11-10-18(2)16-21(22)24)23(27)19(3)28-20-8-6-5-7-9-20/h5-11,16,19H,4,12-15,17H2,1-3H3. The van der Waals surface area contributed by atoms with Gasteiger partial charge < -0.3 is 14.5 Å². The second kappa shape index (κ2) is 7.59. The van der Waals surface area contributed by atoms with Crippen molar-refractivity contribution in [2.24, 2.45) is 0 Å². The van der Waals surface area contributed by atoms with Crippen LogP contribution < -0.4 is 9.64 Å². The first-order valence-corrected chi connectivity index (χ1v) is 10.4. The van der Waals surface area contributed by atoms with Crippen LogP contribution in [0.2, 0.25) is 0 Å². The summed E-state index contributed by atoms with van der Waals surface area (Å²) in [6.45, 7) is 10.3. The van der Waals surface area contributed by atoms with Gasteiger partial charge in [-0.05, 0) is 70.1 Å². The number of piperidine rings is 1. The molecule has 1 unspecified atom stereocenters. The van der Waals surface area contributed by atoms with Gasteiger partial charge in [-0.1, -0.05) is 42.8 Å². The van der Waals surface area contributed by atoms with E-state index in [1.165, 1.54) is 11.1 Å². The molecule has 4 heteroatoms. The minimum Gasteiger partial charge on any atom is -0.481 e. The van der Waals surface area contributed by atoms with E-state index in [1.54, 1.807) is 0 Å². The second-order valence-corrected chi connectivity index (χ2v) is 8.23. The van der Waals surface area contributed by atoms with Crippen LogP contribution in [0.15, 0.2) is 48.5 Å². The SMILES string of the molecule is CCN1CCC2(CC1)CN(C(=O)C(C)Oc1ccccc1)c1ccc(C)cc12. The highest BCUT2D eigenvalue weighted by molar-refractivity contribution is 5.99. The van der Waals surface area contributed by atoms with E-state index < -0.39 is 6.10 Å². The second-order valence-electron chi connectivity index (χ2n) is 8.23. The number of aryl methyl sites for hydroxylation is 1. The molecule has 0 N–H and O–H groups in total. The van der Waals surface area contributed by atoms with Crippen molar-refractivity contribution in [1.82, 2.24) is 4.90 Å². The molecule has 1 fully saturated rings. The summed E-state index contributed by atoms with van der Waals surface area (Å²) in [6, 6.07) is 16.1. The summed E-state index contributed by atoms with van der Waals surface area (Å²) >= 11 is 0. The van der Waals surface area contributed by atoms with Gasteiger partial charge in [-0.3, -0.25) is 4.79 Å². The summed E-state index contributed by atoms with van der Waals surface area (Å²) in [5.74, 6) is 0.779. The number of hydrogen-bond donors (Lipinski definition) is 0. The molecule has 1 saturated heterocycles. The van der Waals surface area contributed by atoms with Crippen LogP contribution in [0.25, 0.3) is 0 Å². The Bertz CT molecular complexity index is 841. The zero-order valence-electron chi connectivity index (χ0n) is 17.1. The molecule has 0 radical (unpaired) electrons. The van der Waals surface area contributed by atoms with Gasteiger partial charge in [0.2, 0.25) is 0 Å². The summed E-state index contributed by atoms with van der Waals surface area (Å²) in [4.78, 5) is 17.8. The summed E-state index contributed by atoms with van der Waals surface area (Å²) in [5, 5.41) is 0. The van der Waals surface area contributed by atoms with Crippen LogP contribution in [0.3, 0.4) is 0 Å². The highest BCUT2D eigenvalue weighted by Crippen LogP contribution is 2.47. The molecule has 1 amide bonds. The number of carbonyl (C=O) groups is 1. The number of benzene rings is 2. The number of amides is 1. The highest BCUT2D eigenvalue weighted by atomic mass is 16.5. The fraction of sp³-hybridized carbons (Fsp3) is 0.458. The smallest absolute Gasteiger partial charge is 0.267 e. The quantitative estimate of drug-likeness (QED) is 0.801. The minimum atomic E-state index is -0.512. The van der Waals surface area contributed by atoms with Crippen LogP contribution in [0.4, 0.5) is 5.69 Å². The first-order valence-electron chi connectivity index (χ1n) is 10.4. The number of rotatable bonds is 4. The monoisotopic (exact) mass is 378 g/mol. The molecule has 2 aromatic rings. The Morgan fingerprint density at radius 2 is 1.86 bits per heavy atom. The summed E-state index contributed by atoms with van der Waals surface area (Å²) in [6.07, 6.45) is 1.70. The summed E-state index contributed by atoms with van der Waals surface area (Å²) < 4.78 is 5.94. The average Bonchev–Trinajstić information content (AvgIpc) is 3.02. The third-order valence-electron chi connectivity index (χ3n) is 6.41. The molecule has 1 spiro atoms.